The lowest BCUT2D eigenvalue weighted by atomic mass is 10.2. The lowest BCUT2D eigenvalue weighted by molar-refractivity contribution is -0.127. The van der Waals surface area contributed by atoms with Crippen molar-refractivity contribution in [2.45, 2.75) is 0 Å². The number of imide groups is 1. The Bertz CT molecular complexity index is 1110. The van der Waals surface area contributed by atoms with E-state index in [0.29, 0.717) is 34.2 Å². The molecular formula is C20H14N2O7S. The maximum Gasteiger partial charge on any atom is 0.294 e. The fourth-order valence-electron chi connectivity index (χ4n) is 3.11. The average molecular weight is 426 g/mol. The number of anilines is 1. The van der Waals surface area contributed by atoms with Gasteiger partial charge in [-0.2, -0.15) is 0 Å². The van der Waals surface area contributed by atoms with E-state index in [1.54, 1.807) is 42.5 Å². The fraction of sp³-hybridized carbons (Fsp3) is 0.150. The van der Waals surface area contributed by atoms with Gasteiger partial charge in [-0.3, -0.25) is 19.3 Å². The van der Waals surface area contributed by atoms with Crippen LogP contribution in [0.2, 0.25) is 0 Å². The maximum absolute atomic E-state index is 12.6. The van der Waals surface area contributed by atoms with Gasteiger partial charge in [0.2, 0.25) is 19.5 Å². The number of benzene rings is 2. The highest BCUT2D eigenvalue weighted by Gasteiger charge is 2.36. The number of ether oxygens (including phenoxy) is 4. The van der Waals surface area contributed by atoms with Crippen molar-refractivity contribution in [2.75, 3.05) is 25.4 Å². The number of nitrogens with one attached hydrogen (secondary N) is 1. The van der Waals surface area contributed by atoms with Crippen LogP contribution in [-0.2, 0) is 9.59 Å². The van der Waals surface area contributed by atoms with Crippen LogP contribution in [-0.4, -0.2) is 42.1 Å². The summed E-state index contributed by atoms with van der Waals surface area (Å²) in [5.41, 5.74) is 1.17. The third-order valence-corrected chi connectivity index (χ3v) is 5.43. The number of amides is 3. The van der Waals surface area contributed by atoms with Gasteiger partial charge in [-0.05, 0) is 47.7 Å². The molecule has 0 atom stereocenters. The summed E-state index contributed by atoms with van der Waals surface area (Å²) in [7, 11) is 0. The van der Waals surface area contributed by atoms with Crippen molar-refractivity contribution in [1.82, 2.24) is 4.90 Å². The molecule has 9 nitrogen and oxygen atoms in total. The van der Waals surface area contributed by atoms with Crippen LogP contribution < -0.4 is 24.3 Å². The molecule has 0 spiro atoms. The highest BCUT2D eigenvalue weighted by molar-refractivity contribution is 8.18. The summed E-state index contributed by atoms with van der Waals surface area (Å²) in [6.45, 7) is -0.120. The summed E-state index contributed by atoms with van der Waals surface area (Å²) >= 11 is 0.784. The molecule has 3 amide bonds. The van der Waals surface area contributed by atoms with E-state index in [4.69, 9.17) is 18.9 Å². The Morgan fingerprint density at radius 1 is 0.967 bits per heavy atom. The summed E-state index contributed by atoms with van der Waals surface area (Å²) in [5.74, 6) is 1.29. The number of carbonyl (C=O) groups is 3. The summed E-state index contributed by atoms with van der Waals surface area (Å²) < 4.78 is 21.1. The predicted molar refractivity (Wildman–Crippen MR) is 106 cm³/mol. The quantitative estimate of drug-likeness (QED) is 0.745. The first-order valence-electron chi connectivity index (χ1n) is 8.91. The van der Waals surface area contributed by atoms with E-state index in [1.165, 1.54) is 0 Å². The van der Waals surface area contributed by atoms with Gasteiger partial charge in [-0.15, -0.1) is 0 Å². The molecule has 5 rings (SSSR count). The van der Waals surface area contributed by atoms with Crippen molar-refractivity contribution in [3.63, 3.8) is 0 Å². The Kier molecular flexibility index (Phi) is 4.47. The summed E-state index contributed by atoms with van der Waals surface area (Å²) in [4.78, 5) is 38.4. The Labute approximate surface area is 174 Å². The van der Waals surface area contributed by atoms with E-state index in [0.717, 1.165) is 16.7 Å². The Morgan fingerprint density at radius 3 is 2.40 bits per heavy atom. The first-order valence-corrected chi connectivity index (χ1v) is 9.73. The Morgan fingerprint density at radius 2 is 1.63 bits per heavy atom. The van der Waals surface area contributed by atoms with Gasteiger partial charge in [0.05, 0.1) is 4.91 Å². The minimum absolute atomic E-state index is 0.124. The molecule has 30 heavy (non-hydrogen) atoms. The summed E-state index contributed by atoms with van der Waals surface area (Å²) in [6.07, 6.45) is 1.59. The minimum atomic E-state index is -0.525. The number of thioether (sulfide) groups is 1. The molecule has 3 heterocycles. The second kappa shape index (κ2) is 7.30. The van der Waals surface area contributed by atoms with Gasteiger partial charge in [-0.1, -0.05) is 6.07 Å². The number of fused-ring (bicyclic) bond motifs is 2. The molecule has 0 aliphatic carbocycles. The predicted octanol–water partition coefficient (Wildman–Crippen LogP) is 2.82. The molecule has 2 aromatic rings. The Balaban J connectivity index is 1.27. The van der Waals surface area contributed by atoms with E-state index in [-0.39, 0.29) is 18.5 Å². The van der Waals surface area contributed by atoms with Crippen LogP contribution in [0, 0.1) is 0 Å². The van der Waals surface area contributed by atoms with Crippen LogP contribution in [0.1, 0.15) is 5.56 Å². The number of rotatable bonds is 4. The van der Waals surface area contributed by atoms with Crippen LogP contribution >= 0.6 is 11.8 Å². The van der Waals surface area contributed by atoms with Crippen molar-refractivity contribution in [3.05, 3.63) is 46.9 Å². The maximum atomic E-state index is 12.6. The molecule has 0 aromatic heterocycles. The van der Waals surface area contributed by atoms with E-state index in [2.05, 4.69) is 5.32 Å². The Hall–Kier alpha value is -3.66. The zero-order valence-corrected chi connectivity index (χ0v) is 16.2. The lowest BCUT2D eigenvalue weighted by Crippen LogP contribution is -2.36. The van der Waals surface area contributed by atoms with E-state index in [9.17, 15) is 14.4 Å². The molecule has 3 aliphatic heterocycles. The minimum Gasteiger partial charge on any atom is -0.454 e. The largest absolute Gasteiger partial charge is 0.454 e. The van der Waals surface area contributed by atoms with Gasteiger partial charge in [-0.25, -0.2) is 0 Å². The number of hydrogen-bond donors (Lipinski definition) is 1. The third kappa shape index (κ3) is 3.41. The molecular weight excluding hydrogens is 412 g/mol. The second-order valence-corrected chi connectivity index (χ2v) is 7.49. The molecule has 1 N–H and O–H groups in total. The lowest BCUT2D eigenvalue weighted by Gasteiger charge is -2.12. The second-order valence-electron chi connectivity index (χ2n) is 6.50. The molecule has 3 aliphatic rings. The first-order chi connectivity index (χ1) is 14.6. The van der Waals surface area contributed by atoms with Crippen molar-refractivity contribution in [2.24, 2.45) is 0 Å². The molecule has 1 saturated heterocycles. The van der Waals surface area contributed by atoms with Crippen molar-refractivity contribution in [1.29, 1.82) is 0 Å². The molecule has 1 fully saturated rings. The van der Waals surface area contributed by atoms with E-state index in [1.807, 2.05) is 0 Å². The topological polar surface area (TPSA) is 103 Å². The van der Waals surface area contributed by atoms with Gasteiger partial charge in [0.25, 0.3) is 11.1 Å². The molecule has 152 valence electrons. The standard InChI is InChI=1S/C20H14N2O7S/c23-18(21-12-2-4-14-16(7-12)29-10-27-14)8-22-19(24)17(30-20(22)25)6-11-1-3-13-15(5-11)28-9-26-13/h1-7H,8-10H2,(H,21,23)/b17-6+. The fourth-order valence-corrected chi connectivity index (χ4v) is 3.95. The van der Waals surface area contributed by atoms with Crippen LogP contribution in [0.5, 0.6) is 23.0 Å². The molecule has 0 radical (unpaired) electrons. The van der Waals surface area contributed by atoms with Gasteiger partial charge < -0.3 is 24.3 Å². The van der Waals surface area contributed by atoms with Crippen LogP contribution in [0.4, 0.5) is 10.5 Å². The smallest absolute Gasteiger partial charge is 0.294 e. The normalized spacial score (nSPS) is 17.7. The SMILES string of the molecule is O=C(CN1C(=O)S/C(=C/c2ccc3c(c2)OCO3)C1=O)Nc1ccc2c(c1)OCO2. The monoisotopic (exact) mass is 426 g/mol. The average Bonchev–Trinajstić information content (AvgIpc) is 3.44. The van der Waals surface area contributed by atoms with Crippen LogP contribution in [0.15, 0.2) is 41.3 Å². The van der Waals surface area contributed by atoms with Crippen LogP contribution in [0.3, 0.4) is 0 Å². The van der Waals surface area contributed by atoms with Gasteiger partial charge >= 0.3 is 0 Å². The molecule has 2 aromatic carbocycles. The van der Waals surface area contributed by atoms with Crippen LogP contribution in [0.25, 0.3) is 6.08 Å². The zero-order chi connectivity index (χ0) is 20.7. The molecule has 0 unspecified atom stereocenters. The molecule has 0 bridgehead atoms. The van der Waals surface area contributed by atoms with Crippen molar-refractivity contribution >= 4 is 40.6 Å². The van der Waals surface area contributed by atoms with Gasteiger partial charge in [0, 0.05) is 11.8 Å². The zero-order valence-electron chi connectivity index (χ0n) is 15.4. The third-order valence-electron chi connectivity index (χ3n) is 4.53. The van der Waals surface area contributed by atoms with E-state index < -0.39 is 23.6 Å². The number of hydrogen-bond acceptors (Lipinski definition) is 8. The number of nitrogens with zero attached hydrogens (tertiary/aromatic N) is 1. The molecule has 10 heteroatoms. The molecule has 0 saturated carbocycles. The summed E-state index contributed by atoms with van der Waals surface area (Å²) in [5, 5.41) is 2.15. The van der Waals surface area contributed by atoms with Gasteiger partial charge in [0.15, 0.2) is 23.0 Å². The first kappa shape index (κ1) is 18.4. The summed E-state index contributed by atoms with van der Waals surface area (Å²) in [6, 6.07) is 10.2. The highest BCUT2D eigenvalue weighted by Crippen LogP contribution is 2.37. The van der Waals surface area contributed by atoms with E-state index >= 15 is 0 Å². The van der Waals surface area contributed by atoms with Gasteiger partial charge in [0.1, 0.15) is 6.54 Å². The number of carbonyl (C=O) groups excluding carboxylic acids is 3. The van der Waals surface area contributed by atoms with Crippen molar-refractivity contribution in [3.8, 4) is 23.0 Å². The highest BCUT2D eigenvalue weighted by atomic mass is 32.2. The van der Waals surface area contributed by atoms with Crippen molar-refractivity contribution < 1.29 is 33.3 Å².